The fraction of sp³-hybridized carbons (Fsp3) is 0.308. The van der Waals surface area contributed by atoms with Crippen molar-refractivity contribution in [1.29, 1.82) is 0 Å². The van der Waals surface area contributed by atoms with Crippen LogP contribution >= 0.6 is 0 Å². The number of hydrogen-bond donors (Lipinski definition) is 1. The molecule has 0 aliphatic heterocycles. The Balaban J connectivity index is 1.89. The van der Waals surface area contributed by atoms with Gasteiger partial charge in [0.05, 0.1) is 6.20 Å². The van der Waals surface area contributed by atoms with Crippen LogP contribution in [-0.4, -0.2) is 9.78 Å². The van der Waals surface area contributed by atoms with E-state index >= 15 is 0 Å². The highest BCUT2D eigenvalue weighted by atomic mass is 15.3. The van der Waals surface area contributed by atoms with Gasteiger partial charge < -0.3 is 5.32 Å². The molecule has 0 bridgehead atoms. The molecule has 0 saturated carbocycles. The molecule has 0 amide bonds. The molecule has 0 aliphatic rings. The number of nitrogens with one attached hydrogen (secondary N) is 1. The monoisotopic (exact) mass is 215 g/mol. The number of aryl methyl sites for hydroxylation is 1. The van der Waals surface area contributed by atoms with Gasteiger partial charge in [-0.15, -0.1) is 0 Å². The first-order chi connectivity index (χ1) is 7.88. The third-order valence-electron chi connectivity index (χ3n) is 2.41. The molecule has 1 aromatic carbocycles. The molecule has 0 unspecified atom stereocenters. The minimum absolute atomic E-state index is 0.827. The van der Waals surface area contributed by atoms with Crippen molar-refractivity contribution in [1.82, 2.24) is 9.78 Å². The summed E-state index contributed by atoms with van der Waals surface area (Å²) in [5, 5.41) is 7.66. The minimum Gasteiger partial charge on any atom is -0.381 e. The molecule has 0 spiro atoms. The molecule has 0 fully saturated rings. The smallest absolute Gasteiger partial charge is 0.0539 e. The van der Waals surface area contributed by atoms with Gasteiger partial charge in [0, 0.05) is 30.5 Å². The number of para-hydroxylation sites is 1. The first kappa shape index (κ1) is 10.7. The Bertz CT molecular complexity index is 420. The van der Waals surface area contributed by atoms with Crippen LogP contribution in [-0.2, 0) is 13.1 Å². The van der Waals surface area contributed by atoms with E-state index in [-0.39, 0.29) is 0 Å². The second-order valence-corrected chi connectivity index (χ2v) is 3.83. The van der Waals surface area contributed by atoms with Gasteiger partial charge in [-0.05, 0) is 18.6 Å². The maximum absolute atomic E-state index is 4.29. The summed E-state index contributed by atoms with van der Waals surface area (Å²) in [6.45, 7) is 3.97. The zero-order chi connectivity index (χ0) is 11.2. The van der Waals surface area contributed by atoms with Crippen LogP contribution in [0.1, 0.15) is 18.9 Å². The van der Waals surface area contributed by atoms with Crippen molar-refractivity contribution in [2.45, 2.75) is 26.4 Å². The van der Waals surface area contributed by atoms with E-state index in [0.29, 0.717) is 0 Å². The van der Waals surface area contributed by atoms with Crippen LogP contribution in [0.25, 0.3) is 0 Å². The van der Waals surface area contributed by atoms with Gasteiger partial charge in [-0.1, -0.05) is 25.1 Å². The molecule has 16 heavy (non-hydrogen) atoms. The van der Waals surface area contributed by atoms with Crippen LogP contribution in [0, 0.1) is 0 Å². The van der Waals surface area contributed by atoms with Crippen molar-refractivity contribution in [3.05, 3.63) is 48.3 Å². The fourth-order valence-corrected chi connectivity index (χ4v) is 1.61. The van der Waals surface area contributed by atoms with Crippen LogP contribution in [0.4, 0.5) is 5.69 Å². The number of nitrogens with zero attached hydrogens (tertiary/aromatic N) is 2. The van der Waals surface area contributed by atoms with Gasteiger partial charge in [0.25, 0.3) is 0 Å². The van der Waals surface area contributed by atoms with Gasteiger partial charge in [0.1, 0.15) is 0 Å². The average Bonchev–Trinajstić information content (AvgIpc) is 2.76. The van der Waals surface area contributed by atoms with E-state index in [0.717, 1.165) is 25.2 Å². The Morgan fingerprint density at radius 1 is 1.25 bits per heavy atom. The van der Waals surface area contributed by atoms with Crippen LogP contribution < -0.4 is 5.32 Å². The number of rotatable bonds is 5. The molecule has 1 heterocycles. The average molecular weight is 215 g/mol. The largest absolute Gasteiger partial charge is 0.381 e. The summed E-state index contributed by atoms with van der Waals surface area (Å²) in [5.41, 5.74) is 2.36. The molecule has 84 valence electrons. The molecule has 3 nitrogen and oxygen atoms in total. The summed E-state index contributed by atoms with van der Waals surface area (Å²) >= 11 is 0. The molecule has 3 heteroatoms. The van der Waals surface area contributed by atoms with E-state index in [1.54, 1.807) is 0 Å². The van der Waals surface area contributed by atoms with Gasteiger partial charge >= 0.3 is 0 Å². The predicted octanol–water partition coefficient (Wildman–Crippen LogP) is 2.91. The third kappa shape index (κ3) is 2.86. The van der Waals surface area contributed by atoms with Crippen LogP contribution in [0.3, 0.4) is 0 Å². The summed E-state index contributed by atoms with van der Waals surface area (Å²) in [7, 11) is 0. The summed E-state index contributed by atoms with van der Waals surface area (Å²) in [5.74, 6) is 0. The van der Waals surface area contributed by atoms with Crippen molar-refractivity contribution >= 4 is 5.69 Å². The Morgan fingerprint density at radius 2 is 2.06 bits per heavy atom. The second-order valence-electron chi connectivity index (χ2n) is 3.83. The molecule has 1 aromatic heterocycles. The Labute approximate surface area is 96.1 Å². The second kappa shape index (κ2) is 5.35. The molecule has 0 saturated heterocycles. The van der Waals surface area contributed by atoms with Crippen LogP contribution in [0.2, 0.25) is 0 Å². The Kier molecular flexibility index (Phi) is 3.59. The zero-order valence-corrected chi connectivity index (χ0v) is 9.56. The van der Waals surface area contributed by atoms with E-state index in [1.165, 1.54) is 5.56 Å². The van der Waals surface area contributed by atoms with E-state index in [9.17, 15) is 0 Å². The standard InChI is InChI=1S/C13H17N3/c1-2-8-16-11-12(10-15-16)9-14-13-6-4-3-5-7-13/h3-7,10-11,14H,2,8-9H2,1H3. The maximum atomic E-state index is 4.29. The van der Waals surface area contributed by atoms with Gasteiger partial charge in [0.2, 0.25) is 0 Å². The normalized spacial score (nSPS) is 10.3. The highest BCUT2D eigenvalue weighted by molar-refractivity contribution is 5.42. The molecule has 0 atom stereocenters. The fourth-order valence-electron chi connectivity index (χ4n) is 1.61. The van der Waals surface area contributed by atoms with E-state index < -0.39 is 0 Å². The van der Waals surface area contributed by atoms with E-state index in [4.69, 9.17) is 0 Å². The Hall–Kier alpha value is -1.77. The lowest BCUT2D eigenvalue weighted by molar-refractivity contribution is 0.602. The SMILES string of the molecule is CCCn1cc(CNc2ccccc2)cn1. The number of hydrogen-bond acceptors (Lipinski definition) is 2. The lowest BCUT2D eigenvalue weighted by Gasteiger charge is -2.03. The number of benzene rings is 1. The molecular weight excluding hydrogens is 198 g/mol. The van der Waals surface area contributed by atoms with Crippen LogP contribution in [0.5, 0.6) is 0 Å². The molecule has 2 rings (SSSR count). The molecular formula is C13H17N3. The molecule has 1 N–H and O–H groups in total. The van der Waals surface area contributed by atoms with Crippen molar-refractivity contribution < 1.29 is 0 Å². The summed E-state index contributed by atoms with van der Waals surface area (Å²) in [4.78, 5) is 0. The summed E-state index contributed by atoms with van der Waals surface area (Å²) in [6, 6.07) is 10.2. The van der Waals surface area contributed by atoms with Crippen LogP contribution in [0.15, 0.2) is 42.7 Å². The van der Waals surface area contributed by atoms with Crippen molar-refractivity contribution in [2.75, 3.05) is 5.32 Å². The van der Waals surface area contributed by atoms with Crippen molar-refractivity contribution in [3.8, 4) is 0 Å². The zero-order valence-electron chi connectivity index (χ0n) is 9.56. The molecule has 2 aromatic rings. The van der Waals surface area contributed by atoms with E-state index in [1.807, 2.05) is 29.1 Å². The highest BCUT2D eigenvalue weighted by Crippen LogP contribution is 2.07. The maximum Gasteiger partial charge on any atom is 0.0539 e. The molecule has 0 aliphatic carbocycles. The minimum atomic E-state index is 0.827. The van der Waals surface area contributed by atoms with Gasteiger partial charge in [-0.3, -0.25) is 4.68 Å². The van der Waals surface area contributed by atoms with Crippen molar-refractivity contribution in [2.24, 2.45) is 0 Å². The summed E-state index contributed by atoms with van der Waals surface area (Å²) in [6.07, 6.45) is 5.14. The first-order valence-corrected chi connectivity index (χ1v) is 5.68. The van der Waals surface area contributed by atoms with Gasteiger partial charge in [0.15, 0.2) is 0 Å². The number of anilines is 1. The van der Waals surface area contributed by atoms with Crippen molar-refractivity contribution in [3.63, 3.8) is 0 Å². The highest BCUT2D eigenvalue weighted by Gasteiger charge is 1.97. The van der Waals surface area contributed by atoms with E-state index in [2.05, 4.69) is 35.7 Å². The molecule has 0 radical (unpaired) electrons. The van der Waals surface area contributed by atoms with Gasteiger partial charge in [-0.2, -0.15) is 5.10 Å². The lowest BCUT2D eigenvalue weighted by atomic mass is 10.3. The first-order valence-electron chi connectivity index (χ1n) is 5.68. The summed E-state index contributed by atoms with van der Waals surface area (Å²) < 4.78 is 1.99. The van der Waals surface area contributed by atoms with Gasteiger partial charge in [-0.25, -0.2) is 0 Å². The Morgan fingerprint density at radius 3 is 2.81 bits per heavy atom. The predicted molar refractivity (Wildman–Crippen MR) is 66.3 cm³/mol. The lowest BCUT2D eigenvalue weighted by Crippen LogP contribution is -1.98. The quantitative estimate of drug-likeness (QED) is 0.831. The topological polar surface area (TPSA) is 29.9 Å². The number of aromatic nitrogens is 2. The third-order valence-corrected chi connectivity index (χ3v) is 2.41.